The summed E-state index contributed by atoms with van der Waals surface area (Å²) in [6, 6.07) is 19.0. The Bertz CT molecular complexity index is 1270. The molecule has 0 atom stereocenters. The molecule has 0 unspecified atom stereocenters. The second kappa shape index (κ2) is 9.55. The van der Waals surface area contributed by atoms with Gasteiger partial charge in [-0.25, -0.2) is 8.42 Å². The van der Waals surface area contributed by atoms with E-state index < -0.39 is 15.9 Å². The first-order valence-electron chi connectivity index (χ1n) is 10.7. The lowest BCUT2D eigenvalue weighted by Gasteiger charge is -2.28. The Kier molecular flexibility index (Phi) is 6.74. The molecule has 1 aliphatic heterocycles. The summed E-state index contributed by atoms with van der Waals surface area (Å²) in [6.45, 7) is 4.55. The van der Waals surface area contributed by atoms with E-state index >= 15 is 0 Å². The number of ether oxygens (including phenoxy) is 1. The third-order valence-corrected chi connectivity index (χ3v) is 7.57. The first-order chi connectivity index (χ1) is 15.7. The average Bonchev–Trinajstić information content (AvgIpc) is 2.79. The number of sulfonamides is 1. The molecule has 0 aromatic heterocycles. The van der Waals surface area contributed by atoms with Crippen LogP contribution in [0, 0.1) is 0 Å². The number of amides is 1. The van der Waals surface area contributed by atoms with Crippen molar-refractivity contribution in [3.63, 3.8) is 0 Å². The fraction of sp³-hybridized carbons (Fsp3) is 0.240. The number of hydrogen-bond acceptors (Lipinski definition) is 4. The Morgan fingerprint density at radius 2 is 1.73 bits per heavy atom. The van der Waals surface area contributed by atoms with Crippen LogP contribution >= 0.6 is 11.6 Å². The summed E-state index contributed by atoms with van der Waals surface area (Å²) in [5.41, 5.74) is 2.79. The van der Waals surface area contributed by atoms with Gasteiger partial charge in [-0.2, -0.15) is 4.31 Å². The van der Waals surface area contributed by atoms with Gasteiger partial charge in [0.2, 0.25) is 10.0 Å². The molecule has 0 radical (unpaired) electrons. The van der Waals surface area contributed by atoms with E-state index in [4.69, 9.17) is 16.3 Å². The lowest BCUT2D eigenvalue weighted by Crippen LogP contribution is -2.36. The van der Waals surface area contributed by atoms with Crippen molar-refractivity contribution in [2.45, 2.75) is 37.8 Å². The molecule has 6 nitrogen and oxygen atoms in total. The van der Waals surface area contributed by atoms with Gasteiger partial charge in [0, 0.05) is 18.8 Å². The van der Waals surface area contributed by atoms with Crippen LogP contribution in [0.4, 0.5) is 5.69 Å². The van der Waals surface area contributed by atoms with Crippen LogP contribution in [0.3, 0.4) is 0 Å². The maximum absolute atomic E-state index is 13.3. The number of nitrogens with one attached hydrogen (secondary N) is 1. The Hall–Kier alpha value is -2.87. The minimum atomic E-state index is -3.79. The van der Waals surface area contributed by atoms with Crippen LogP contribution in [-0.4, -0.2) is 31.3 Å². The lowest BCUT2D eigenvalue weighted by atomic mass is 10.0. The number of hydrogen-bond donors (Lipinski definition) is 1. The van der Waals surface area contributed by atoms with E-state index in [9.17, 15) is 13.2 Å². The van der Waals surface area contributed by atoms with Crippen molar-refractivity contribution < 1.29 is 17.9 Å². The van der Waals surface area contributed by atoms with Crippen LogP contribution < -0.4 is 10.1 Å². The van der Waals surface area contributed by atoms with E-state index in [1.54, 1.807) is 24.3 Å². The van der Waals surface area contributed by atoms with Gasteiger partial charge in [-0.05, 0) is 73.9 Å². The van der Waals surface area contributed by atoms with Gasteiger partial charge < -0.3 is 10.1 Å². The van der Waals surface area contributed by atoms with Gasteiger partial charge in [0.1, 0.15) is 5.75 Å². The average molecular weight is 485 g/mol. The summed E-state index contributed by atoms with van der Waals surface area (Å²) in [7, 11) is -3.79. The monoisotopic (exact) mass is 484 g/mol. The molecule has 172 valence electrons. The van der Waals surface area contributed by atoms with Crippen molar-refractivity contribution in [1.29, 1.82) is 0 Å². The van der Waals surface area contributed by atoms with E-state index in [1.165, 1.54) is 22.5 Å². The SMILES string of the molecule is CC(C)Oc1ccc(NC(=O)c2cc(S(=O)(=O)N3CCc4ccccc4C3)ccc2Cl)cc1. The molecule has 3 aromatic carbocycles. The Balaban J connectivity index is 1.54. The Labute approximate surface area is 199 Å². The highest BCUT2D eigenvalue weighted by molar-refractivity contribution is 7.89. The quantitative estimate of drug-likeness (QED) is 0.526. The third-order valence-electron chi connectivity index (χ3n) is 5.40. The van der Waals surface area contributed by atoms with Crippen LogP contribution in [0.15, 0.2) is 71.6 Å². The van der Waals surface area contributed by atoms with E-state index in [0.29, 0.717) is 30.9 Å². The zero-order valence-corrected chi connectivity index (χ0v) is 20.0. The molecular weight excluding hydrogens is 460 g/mol. The summed E-state index contributed by atoms with van der Waals surface area (Å²) in [5, 5.41) is 2.94. The highest BCUT2D eigenvalue weighted by Gasteiger charge is 2.29. The summed E-state index contributed by atoms with van der Waals surface area (Å²) >= 11 is 6.25. The van der Waals surface area contributed by atoms with Gasteiger partial charge in [-0.15, -0.1) is 0 Å². The van der Waals surface area contributed by atoms with Gasteiger partial charge >= 0.3 is 0 Å². The molecule has 1 heterocycles. The van der Waals surface area contributed by atoms with Crippen LogP contribution in [0.5, 0.6) is 5.75 Å². The van der Waals surface area contributed by atoms with Crippen molar-refractivity contribution in [2.24, 2.45) is 0 Å². The van der Waals surface area contributed by atoms with Gasteiger partial charge in [-0.1, -0.05) is 35.9 Å². The number of anilines is 1. The van der Waals surface area contributed by atoms with Crippen molar-refractivity contribution in [1.82, 2.24) is 4.31 Å². The van der Waals surface area contributed by atoms with Crippen LogP contribution in [0.1, 0.15) is 35.3 Å². The van der Waals surface area contributed by atoms with E-state index in [1.807, 2.05) is 38.1 Å². The molecule has 0 bridgehead atoms. The molecule has 0 saturated heterocycles. The van der Waals surface area contributed by atoms with Gasteiger partial charge in [0.25, 0.3) is 5.91 Å². The normalized spacial score (nSPS) is 14.1. The highest BCUT2D eigenvalue weighted by Crippen LogP contribution is 2.28. The van der Waals surface area contributed by atoms with E-state index in [-0.39, 0.29) is 21.6 Å². The topological polar surface area (TPSA) is 75.7 Å². The van der Waals surface area contributed by atoms with Crippen molar-refractivity contribution in [3.05, 3.63) is 88.4 Å². The number of carbonyl (C=O) groups excluding carboxylic acids is 1. The molecule has 33 heavy (non-hydrogen) atoms. The molecule has 0 saturated carbocycles. The van der Waals surface area contributed by atoms with E-state index in [0.717, 1.165) is 11.1 Å². The number of halogens is 1. The van der Waals surface area contributed by atoms with Crippen LogP contribution in [0.2, 0.25) is 5.02 Å². The molecule has 0 fully saturated rings. The lowest BCUT2D eigenvalue weighted by molar-refractivity contribution is 0.102. The maximum Gasteiger partial charge on any atom is 0.257 e. The number of rotatable bonds is 6. The van der Waals surface area contributed by atoms with Crippen molar-refractivity contribution >= 4 is 33.2 Å². The molecule has 0 spiro atoms. The standard InChI is InChI=1S/C25H25ClN2O4S/c1-17(2)32-21-9-7-20(8-10-21)27-25(29)23-15-22(11-12-24(23)26)33(30,31)28-14-13-18-5-3-4-6-19(18)16-28/h3-12,15,17H,13-14,16H2,1-2H3,(H,27,29). The summed E-state index contributed by atoms with van der Waals surface area (Å²) in [5.74, 6) is 0.204. The summed E-state index contributed by atoms with van der Waals surface area (Å²) in [6.07, 6.45) is 0.690. The second-order valence-electron chi connectivity index (χ2n) is 8.14. The molecule has 4 rings (SSSR count). The number of nitrogens with zero attached hydrogens (tertiary/aromatic N) is 1. The molecule has 0 aliphatic carbocycles. The molecule has 1 N–H and O–H groups in total. The second-order valence-corrected chi connectivity index (χ2v) is 10.5. The third kappa shape index (κ3) is 5.21. The van der Waals surface area contributed by atoms with Gasteiger partial charge in [0.05, 0.1) is 21.6 Å². The first-order valence-corrected chi connectivity index (χ1v) is 12.5. The predicted molar refractivity (Wildman–Crippen MR) is 129 cm³/mol. The summed E-state index contributed by atoms with van der Waals surface area (Å²) < 4.78 is 33.7. The van der Waals surface area contributed by atoms with Crippen molar-refractivity contribution in [3.8, 4) is 5.75 Å². The molecule has 8 heteroatoms. The first kappa shape index (κ1) is 23.3. The maximum atomic E-state index is 13.3. The van der Waals surface area contributed by atoms with Gasteiger partial charge in [0.15, 0.2) is 0 Å². The zero-order chi connectivity index (χ0) is 23.6. The van der Waals surface area contributed by atoms with Crippen LogP contribution in [0.25, 0.3) is 0 Å². The fourth-order valence-corrected chi connectivity index (χ4v) is 5.40. The van der Waals surface area contributed by atoms with E-state index in [2.05, 4.69) is 5.32 Å². The molecule has 1 aliphatic rings. The van der Waals surface area contributed by atoms with Gasteiger partial charge in [-0.3, -0.25) is 4.79 Å². The van der Waals surface area contributed by atoms with Crippen LogP contribution in [-0.2, 0) is 23.0 Å². The Morgan fingerprint density at radius 3 is 2.42 bits per heavy atom. The smallest absolute Gasteiger partial charge is 0.257 e. The number of benzene rings is 3. The molecular formula is C25H25ClN2O4S. The predicted octanol–water partition coefficient (Wildman–Crippen LogP) is 5.13. The van der Waals surface area contributed by atoms with Crippen molar-refractivity contribution in [2.75, 3.05) is 11.9 Å². The highest BCUT2D eigenvalue weighted by atomic mass is 35.5. The Morgan fingerprint density at radius 1 is 1.03 bits per heavy atom. The zero-order valence-electron chi connectivity index (χ0n) is 18.4. The minimum Gasteiger partial charge on any atom is -0.491 e. The molecule has 3 aromatic rings. The number of fused-ring (bicyclic) bond motifs is 1. The fourth-order valence-electron chi connectivity index (χ4n) is 3.75. The largest absolute Gasteiger partial charge is 0.491 e. The summed E-state index contributed by atoms with van der Waals surface area (Å²) in [4.78, 5) is 12.9. The molecule has 1 amide bonds. The number of carbonyl (C=O) groups is 1. The minimum absolute atomic E-state index is 0.0390.